The van der Waals surface area contributed by atoms with E-state index in [0.29, 0.717) is 12.8 Å². The van der Waals surface area contributed by atoms with Crippen LogP contribution in [0.3, 0.4) is 0 Å². The molecular formula is C55H88O6. The molecule has 6 heteroatoms. The summed E-state index contributed by atoms with van der Waals surface area (Å²) in [6, 6.07) is 0. The summed E-state index contributed by atoms with van der Waals surface area (Å²) >= 11 is 0. The molecule has 0 aliphatic carbocycles. The molecule has 344 valence electrons. The van der Waals surface area contributed by atoms with Gasteiger partial charge in [0.05, 0.1) is 0 Å². The highest BCUT2D eigenvalue weighted by atomic mass is 16.6. The maximum absolute atomic E-state index is 12.7. The monoisotopic (exact) mass is 845 g/mol. The van der Waals surface area contributed by atoms with Gasteiger partial charge in [-0.05, 0) is 116 Å². The molecule has 0 N–H and O–H groups in total. The van der Waals surface area contributed by atoms with E-state index in [-0.39, 0.29) is 44.0 Å². The van der Waals surface area contributed by atoms with Gasteiger partial charge in [0, 0.05) is 19.3 Å². The van der Waals surface area contributed by atoms with Gasteiger partial charge in [0.1, 0.15) is 13.2 Å². The standard InChI is InChI=1S/C55H88O6/c1-4-7-10-13-16-19-22-24-25-26-27-28-29-31-33-36-39-42-45-48-54(57)60-51-52(50-59-53(56)47-44-41-38-35-32-21-18-15-12-9-6-3)61-55(58)49-46-43-40-37-34-30-23-20-17-14-11-8-5-2/h7,9-10,12,16,18-19,21,24-25,27-28,30-31,33-35,38,52H,4-6,8,11,13-15,17,20,22-23,26,29,32,36-37,39-51H2,1-3H3/b10-7-,12-9-,19-16-,21-18-,25-24-,28-27-,33-31-,34-30-,38-35-. The van der Waals surface area contributed by atoms with E-state index in [1.807, 2.05) is 0 Å². The lowest BCUT2D eigenvalue weighted by Gasteiger charge is -2.18. The van der Waals surface area contributed by atoms with Gasteiger partial charge in [0.15, 0.2) is 6.10 Å². The first kappa shape index (κ1) is 57.1. The number of unbranched alkanes of at least 4 members (excludes halogenated alkanes) is 13. The van der Waals surface area contributed by atoms with Crippen molar-refractivity contribution in [1.29, 1.82) is 0 Å². The van der Waals surface area contributed by atoms with Crippen molar-refractivity contribution in [2.75, 3.05) is 13.2 Å². The summed E-state index contributed by atoms with van der Waals surface area (Å²) in [6.45, 7) is 6.28. The number of allylic oxidation sites excluding steroid dienone is 18. The number of rotatable bonds is 42. The molecule has 0 bridgehead atoms. The third kappa shape index (κ3) is 47.0. The average Bonchev–Trinajstić information content (AvgIpc) is 3.26. The van der Waals surface area contributed by atoms with Crippen LogP contribution in [0, 0.1) is 0 Å². The minimum absolute atomic E-state index is 0.119. The summed E-state index contributed by atoms with van der Waals surface area (Å²) in [6.07, 6.45) is 65.1. The summed E-state index contributed by atoms with van der Waals surface area (Å²) in [5, 5.41) is 0. The van der Waals surface area contributed by atoms with Crippen molar-refractivity contribution in [2.24, 2.45) is 0 Å². The Morgan fingerprint density at radius 3 is 1.08 bits per heavy atom. The maximum Gasteiger partial charge on any atom is 0.306 e. The molecule has 0 aliphatic rings. The number of hydrogen-bond acceptors (Lipinski definition) is 6. The lowest BCUT2D eigenvalue weighted by atomic mass is 10.1. The Morgan fingerprint density at radius 1 is 0.344 bits per heavy atom. The van der Waals surface area contributed by atoms with Crippen molar-refractivity contribution in [2.45, 2.75) is 207 Å². The molecule has 0 amide bonds. The quantitative estimate of drug-likeness (QED) is 0.0264. The fraction of sp³-hybridized carbons (Fsp3) is 0.618. The van der Waals surface area contributed by atoms with Gasteiger partial charge >= 0.3 is 17.9 Å². The van der Waals surface area contributed by atoms with E-state index in [2.05, 4.69) is 130 Å². The Morgan fingerprint density at radius 2 is 0.656 bits per heavy atom. The lowest BCUT2D eigenvalue weighted by molar-refractivity contribution is -0.167. The smallest absolute Gasteiger partial charge is 0.306 e. The second-order valence-corrected chi connectivity index (χ2v) is 15.6. The lowest BCUT2D eigenvalue weighted by Crippen LogP contribution is -2.30. The maximum atomic E-state index is 12.7. The van der Waals surface area contributed by atoms with E-state index in [1.165, 1.54) is 38.5 Å². The number of carbonyl (C=O) groups is 3. The topological polar surface area (TPSA) is 78.9 Å². The number of ether oxygens (including phenoxy) is 3. The number of esters is 3. The number of carbonyl (C=O) groups excluding carboxylic acids is 3. The van der Waals surface area contributed by atoms with E-state index < -0.39 is 6.10 Å². The van der Waals surface area contributed by atoms with Gasteiger partial charge < -0.3 is 14.2 Å². The molecule has 0 fully saturated rings. The van der Waals surface area contributed by atoms with E-state index in [4.69, 9.17) is 14.2 Å². The Hall–Kier alpha value is -3.93. The third-order valence-corrected chi connectivity index (χ3v) is 9.74. The SMILES string of the molecule is CC/C=C\C/C=C\C/C=C\C/C=C\C/C=C\CCCCCC(=O)OCC(COC(=O)CCC/C=C\C/C=C\C/C=C\CC)OC(=O)CCCCC/C=C\CCCCCCCC. The third-order valence-electron chi connectivity index (χ3n) is 9.74. The Labute approximate surface area is 374 Å². The fourth-order valence-corrected chi connectivity index (χ4v) is 6.13. The predicted octanol–water partition coefficient (Wildman–Crippen LogP) is 16.0. The molecule has 1 unspecified atom stereocenters. The molecule has 0 radical (unpaired) electrons. The zero-order valence-corrected chi connectivity index (χ0v) is 39.1. The molecule has 61 heavy (non-hydrogen) atoms. The minimum atomic E-state index is -0.820. The summed E-state index contributed by atoms with van der Waals surface area (Å²) in [5.74, 6) is -1.03. The zero-order chi connectivity index (χ0) is 44.4. The van der Waals surface area contributed by atoms with E-state index in [9.17, 15) is 14.4 Å². The molecule has 0 spiro atoms. The molecular weight excluding hydrogens is 757 g/mol. The van der Waals surface area contributed by atoms with Crippen LogP contribution in [0.5, 0.6) is 0 Å². The Balaban J connectivity index is 4.51. The van der Waals surface area contributed by atoms with Gasteiger partial charge in [-0.2, -0.15) is 0 Å². The van der Waals surface area contributed by atoms with Gasteiger partial charge in [-0.3, -0.25) is 14.4 Å². The van der Waals surface area contributed by atoms with Crippen LogP contribution in [0.2, 0.25) is 0 Å². The van der Waals surface area contributed by atoms with Crippen molar-refractivity contribution < 1.29 is 28.6 Å². The van der Waals surface area contributed by atoms with Crippen molar-refractivity contribution in [3.8, 4) is 0 Å². The summed E-state index contributed by atoms with van der Waals surface area (Å²) in [5.41, 5.74) is 0. The molecule has 0 rings (SSSR count). The van der Waals surface area contributed by atoms with E-state index in [0.717, 1.165) is 116 Å². The zero-order valence-electron chi connectivity index (χ0n) is 39.1. The average molecular weight is 845 g/mol. The first-order chi connectivity index (χ1) is 30.0. The minimum Gasteiger partial charge on any atom is -0.462 e. The van der Waals surface area contributed by atoms with Crippen molar-refractivity contribution >= 4 is 17.9 Å². The van der Waals surface area contributed by atoms with Crippen LogP contribution in [0.25, 0.3) is 0 Å². The highest BCUT2D eigenvalue weighted by molar-refractivity contribution is 5.71. The van der Waals surface area contributed by atoms with Gasteiger partial charge in [0.2, 0.25) is 0 Å². The Kier molecular flexibility index (Phi) is 45.6. The summed E-state index contributed by atoms with van der Waals surface area (Å²) in [4.78, 5) is 37.8. The van der Waals surface area contributed by atoms with Crippen LogP contribution >= 0.6 is 0 Å². The van der Waals surface area contributed by atoms with Gasteiger partial charge in [0.25, 0.3) is 0 Å². The van der Waals surface area contributed by atoms with Crippen molar-refractivity contribution in [1.82, 2.24) is 0 Å². The highest BCUT2D eigenvalue weighted by Gasteiger charge is 2.19. The van der Waals surface area contributed by atoms with Gasteiger partial charge in [-0.25, -0.2) is 0 Å². The Bertz CT molecular complexity index is 1290. The predicted molar refractivity (Wildman–Crippen MR) is 260 cm³/mol. The van der Waals surface area contributed by atoms with E-state index in [1.54, 1.807) is 0 Å². The van der Waals surface area contributed by atoms with Crippen LogP contribution < -0.4 is 0 Å². The van der Waals surface area contributed by atoms with Crippen LogP contribution in [0.15, 0.2) is 109 Å². The van der Waals surface area contributed by atoms with Crippen LogP contribution in [-0.4, -0.2) is 37.2 Å². The highest BCUT2D eigenvalue weighted by Crippen LogP contribution is 2.11. The van der Waals surface area contributed by atoms with Crippen LogP contribution in [0.4, 0.5) is 0 Å². The first-order valence-electron chi connectivity index (χ1n) is 24.4. The van der Waals surface area contributed by atoms with Gasteiger partial charge in [-0.1, -0.05) is 175 Å². The van der Waals surface area contributed by atoms with E-state index >= 15 is 0 Å². The largest absolute Gasteiger partial charge is 0.462 e. The molecule has 1 atom stereocenters. The van der Waals surface area contributed by atoms with Crippen LogP contribution in [-0.2, 0) is 28.6 Å². The molecule has 0 aromatic heterocycles. The molecule has 0 heterocycles. The second-order valence-electron chi connectivity index (χ2n) is 15.6. The first-order valence-corrected chi connectivity index (χ1v) is 24.4. The second kappa shape index (κ2) is 48.7. The molecule has 0 saturated carbocycles. The normalized spacial score (nSPS) is 13.0. The summed E-state index contributed by atoms with van der Waals surface area (Å²) in [7, 11) is 0. The molecule has 0 aromatic carbocycles. The summed E-state index contributed by atoms with van der Waals surface area (Å²) < 4.78 is 16.6. The van der Waals surface area contributed by atoms with Crippen molar-refractivity contribution in [3.05, 3.63) is 109 Å². The van der Waals surface area contributed by atoms with Crippen molar-refractivity contribution in [3.63, 3.8) is 0 Å². The molecule has 0 saturated heterocycles. The molecule has 6 nitrogen and oxygen atoms in total. The fourth-order valence-electron chi connectivity index (χ4n) is 6.13. The number of hydrogen-bond donors (Lipinski definition) is 0. The molecule has 0 aromatic rings. The van der Waals surface area contributed by atoms with Gasteiger partial charge in [-0.15, -0.1) is 0 Å². The van der Waals surface area contributed by atoms with Crippen LogP contribution in [0.1, 0.15) is 201 Å². The molecule has 0 aliphatic heterocycles.